The second-order valence-electron chi connectivity index (χ2n) is 5.75. The fraction of sp³-hybridized carbons (Fsp3) is 0.500. The maximum Gasteiger partial charge on any atom is 0.191 e. The average Bonchev–Trinajstić information content (AvgIpc) is 2.95. The van der Waals surface area contributed by atoms with Gasteiger partial charge in [0.05, 0.1) is 19.3 Å². The van der Waals surface area contributed by atoms with Crippen molar-refractivity contribution in [1.82, 2.24) is 19.7 Å². The summed E-state index contributed by atoms with van der Waals surface area (Å²) in [7, 11) is 1.93. The molecule has 0 aliphatic carbocycles. The Morgan fingerprint density at radius 2 is 1.96 bits per heavy atom. The lowest BCUT2D eigenvalue weighted by Gasteiger charge is -2.28. The van der Waals surface area contributed by atoms with E-state index in [4.69, 9.17) is 16.3 Å². The summed E-state index contributed by atoms with van der Waals surface area (Å²) in [6.45, 7) is 3.91. The van der Waals surface area contributed by atoms with Crippen LogP contribution in [0.5, 0.6) is 0 Å². The van der Waals surface area contributed by atoms with Crippen LogP contribution in [-0.2, 0) is 11.8 Å². The summed E-state index contributed by atoms with van der Waals surface area (Å²) >= 11 is 7.44. The van der Waals surface area contributed by atoms with Crippen LogP contribution in [0.4, 0.5) is 0 Å². The fourth-order valence-corrected chi connectivity index (χ4v) is 3.55. The first-order chi connectivity index (χ1) is 11.6. The molecule has 1 aliphatic rings. The first-order valence-corrected chi connectivity index (χ1v) is 9.26. The fourth-order valence-electron chi connectivity index (χ4n) is 2.60. The van der Waals surface area contributed by atoms with Crippen molar-refractivity contribution in [3.63, 3.8) is 0 Å². The normalized spacial score (nSPS) is 17.1. The Morgan fingerprint density at radius 1 is 1.25 bits per heavy atom. The van der Waals surface area contributed by atoms with Gasteiger partial charge in [0.25, 0.3) is 0 Å². The molecular formula is C16H21ClN4O2S. The number of hydrogen-bond acceptors (Lipinski definition) is 6. The lowest BCUT2D eigenvalue weighted by Crippen LogP contribution is -2.41. The second kappa shape index (κ2) is 8.31. The molecule has 0 amide bonds. The van der Waals surface area contributed by atoms with Gasteiger partial charge in [-0.05, 0) is 24.3 Å². The molecule has 0 bridgehead atoms. The van der Waals surface area contributed by atoms with Crippen molar-refractivity contribution in [2.45, 2.75) is 11.3 Å². The van der Waals surface area contributed by atoms with Gasteiger partial charge in [0, 0.05) is 43.0 Å². The summed E-state index contributed by atoms with van der Waals surface area (Å²) in [5, 5.41) is 20.2. The van der Waals surface area contributed by atoms with E-state index >= 15 is 0 Å². The Hall–Kier alpha value is -1.12. The van der Waals surface area contributed by atoms with E-state index in [-0.39, 0.29) is 0 Å². The van der Waals surface area contributed by atoms with Crippen LogP contribution in [-0.4, -0.2) is 69.5 Å². The molecule has 1 aliphatic heterocycles. The Balaban J connectivity index is 1.56. The number of hydrogen-bond donors (Lipinski definition) is 1. The van der Waals surface area contributed by atoms with Crippen LogP contribution >= 0.6 is 23.4 Å². The molecular weight excluding hydrogens is 348 g/mol. The molecule has 1 aromatic heterocycles. The molecule has 1 aromatic carbocycles. The standard InChI is InChI=1S/C16H21ClN4O2S/c1-20-15(12-2-4-13(17)5-3-12)18-19-16(20)24-11-14(22)10-21-6-8-23-9-7-21/h2-5,14,22H,6-11H2,1H3/t14-/m1/s1. The molecule has 0 spiro atoms. The number of rotatable bonds is 6. The van der Waals surface area contributed by atoms with Gasteiger partial charge in [0.1, 0.15) is 0 Å². The van der Waals surface area contributed by atoms with E-state index in [1.165, 1.54) is 11.8 Å². The zero-order valence-corrected chi connectivity index (χ0v) is 15.1. The lowest BCUT2D eigenvalue weighted by molar-refractivity contribution is 0.0188. The third-order valence-electron chi connectivity index (χ3n) is 3.91. The van der Waals surface area contributed by atoms with Crippen molar-refractivity contribution in [3.05, 3.63) is 29.3 Å². The van der Waals surface area contributed by atoms with Crippen LogP contribution in [0.3, 0.4) is 0 Å². The van der Waals surface area contributed by atoms with Crippen LogP contribution in [0.2, 0.25) is 5.02 Å². The molecule has 3 rings (SSSR count). The predicted molar refractivity (Wildman–Crippen MR) is 95.4 cm³/mol. The molecule has 1 atom stereocenters. The van der Waals surface area contributed by atoms with Crippen molar-refractivity contribution in [2.24, 2.45) is 7.05 Å². The average molecular weight is 369 g/mol. The van der Waals surface area contributed by atoms with Gasteiger partial charge in [-0.2, -0.15) is 0 Å². The minimum Gasteiger partial charge on any atom is -0.391 e. The highest BCUT2D eigenvalue weighted by Gasteiger charge is 2.17. The van der Waals surface area contributed by atoms with Gasteiger partial charge in [0.2, 0.25) is 0 Å². The van der Waals surface area contributed by atoms with E-state index in [9.17, 15) is 5.11 Å². The number of aliphatic hydroxyl groups excluding tert-OH is 1. The Labute approximate surface area is 150 Å². The number of ether oxygens (including phenoxy) is 1. The van der Waals surface area contributed by atoms with Crippen LogP contribution in [0.25, 0.3) is 11.4 Å². The predicted octanol–water partition coefficient (Wildman–Crippen LogP) is 1.92. The Kier molecular flexibility index (Phi) is 6.13. The lowest BCUT2D eigenvalue weighted by atomic mass is 10.2. The summed E-state index contributed by atoms with van der Waals surface area (Å²) in [5.74, 6) is 1.38. The molecule has 6 nitrogen and oxygen atoms in total. The third kappa shape index (κ3) is 4.49. The van der Waals surface area contributed by atoms with Crippen LogP contribution < -0.4 is 0 Å². The highest BCUT2D eigenvalue weighted by molar-refractivity contribution is 7.99. The molecule has 24 heavy (non-hydrogen) atoms. The summed E-state index contributed by atoms with van der Waals surface area (Å²) in [5.41, 5.74) is 0.968. The van der Waals surface area contributed by atoms with Gasteiger partial charge >= 0.3 is 0 Å². The molecule has 8 heteroatoms. The molecule has 0 saturated carbocycles. The molecule has 1 N–H and O–H groups in total. The number of nitrogens with zero attached hydrogens (tertiary/aromatic N) is 4. The van der Waals surface area contributed by atoms with E-state index in [2.05, 4.69) is 15.1 Å². The van der Waals surface area contributed by atoms with E-state index in [0.29, 0.717) is 17.3 Å². The zero-order valence-electron chi connectivity index (χ0n) is 13.6. The molecule has 0 unspecified atom stereocenters. The van der Waals surface area contributed by atoms with Crippen LogP contribution in [0, 0.1) is 0 Å². The van der Waals surface area contributed by atoms with E-state index < -0.39 is 6.10 Å². The quantitative estimate of drug-likeness (QED) is 0.786. The molecule has 1 fully saturated rings. The van der Waals surface area contributed by atoms with Gasteiger partial charge in [-0.15, -0.1) is 10.2 Å². The summed E-state index contributed by atoms with van der Waals surface area (Å²) in [6, 6.07) is 7.52. The summed E-state index contributed by atoms with van der Waals surface area (Å²) < 4.78 is 7.26. The van der Waals surface area contributed by atoms with Crippen molar-refractivity contribution < 1.29 is 9.84 Å². The highest BCUT2D eigenvalue weighted by Crippen LogP contribution is 2.24. The minimum atomic E-state index is -0.399. The largest absolute Gasteiger partial charge is 0.391 e. The van der Waals surface area contributed by atoms with Crippen molar-refractivity contribution in [1.29, 1.82) is 0 Å². The number of halogens is 1. The molecule has 0 radical (unpaired) electrons. The summed E-state index contributed by atoms with van der Waals surface area (Å²) in [4.78, 5) is 2.23. The number of morpholine rings is 1. The van der Waals surface area contributed by atoms with Crippen LogP contribution in [0.1, 0.15) is 0 Å². The number of thioether (sulfide) groups is 1. The van der Waals surface area contributed by atoms with Crippen molar-refractivity contribution in [3.8, 4) is 11.4 Å². The van der Waals surface area contributed by atoms with Gasteiger partial charge in [-0.1, -0.05) is 23.4 Å². The number of β-amino-alcohol motifs (C(OH)–C–C–N with tert-alkyl or cyclic N) is 1. The second-order valence-corrected chi connectivity index (χ2v) is 7.17. The first kappa shape index (κ1) is 17.7. The molecule has 1 saturated heterocycles. The number of aromatic nitrogens is 3. The van der Waals surface area contributed by atoms with Gasteiger partial charge in [-0.25, -0.2) is 0 Å². The highest BCUT2D eigenvalue weighted by atomic mass is 35.5. The van der Waals surface area contributed by atoms with Crippen molar-refractivity contribution >= 4 is 23.4 Å². The van der Waals surface area contributed by atoms with Crippen molar-refractivity contribution in [2.75, 3.05) is 38.6 Å². The van der Waals surface area contributed by atoms with E-state index in [1.54, 1.807) is 0 Å². The molecule has 130 valence electrons. The van der Waals surface area contributed by atoms with Crippen LogP contribution in [0.15, 0.2) is 29.4 Å². The third-order valence-corrected chi connectivity index (χ3v) is 5.33. The SMILES string of the molecule is Cn1c(SC[C@H](O)CN2CCOCC2)nnc1-c1ccc(Cl)cc1. The number of benzene rings is 1. The minimum absolute atomic E-state index is 0.399. The first-order valence-electron chi connectivity index (χ1n) is 7.90. The molecule has 2 heterocycles. The monoisotopic (exact) mass is 368 g/mol. The zero-order chi connectivity index (χ0) is 16.9. The summed E-state index contributed by atoms with van der Waals surface area (Å²) in [6.07, 6.45) is -0.399. The Morgan fingerprint density at radius 3 is 2.67 bits per heavy atom. The molecule has 2 aromatic rings. The van der Waals surface area contributed by atoms with Gasteiger partial charge in [-0.3, -0.25) is 4.90 Å². The smallest absolute Gasteiger partial charge is 0.191 e. The number of aliphatic hydroxyl groups is 1. The maximum absolute atomic E-state index is 10.2. The van der Waals surface area contributed by atoms with E-state index in [0.717, 1.165) is 42.8 Å². The van der Waals surface area contributed by atoms with Gasteiger partial charge in [0.15, 0.2) is 11.0 Å². The maximum atomic E-state index is 10.2. The topological polar surface area (TPSA) is 63.4 Å². The van der Waals surface area contributed by atoms with E-state index in [1.807, 2.05) is 35.9 Å². The Bertz CT molecular complexity index is 659. The van der Waals surface area contributed by atoms with Gasteiger partial charge < -0.3 is 14.4 Å².